The Morgan fingerprint density at radius 3 is 2.24 bits per heavy atom. The number of unbranched alkanes of at least 4 members (excludes halogenated alkanes) is 1. The molecule has 10 nitrogen and oxygen atoms in total. The largest absolute Gasteiger partial charge is 0.462 e. The van der Waals surface area contributed by atoms with Crippen LogP contribution < -0.4 is 9.47 Å². The summed E-state index contributed by atoms with van der Waals surface area (Å²) < 4.78 is 16.5. The average Bonchev–Trinajstić information content (AvgIpc) is 3.31. The summed E-state index contributed by atoms with van der Waals surface area (Å²) in [5.41, 5.74) is 0.997. The number of nitrogens with zero attached hydrogens (tertiary/aromatic N) is 1. The van der Waals surface area contributed by atoms with Crippen molar-refractivity contribution >= 4 is 50.8 Å². The Balaban J connectivity index is 1.43. The molecule has 0 unspecified atom stereocenters. The molecule has 0 amide bonds. The van der Waals surface area contributed by atoms with Crippen LogP contribution in [-0.2, 0) is 19.2 Å². The Morgan fingerprint density at radius 2 is 1.57 bits per heavy atom. The van der Waals surface area contributed by atoms with Crippen molar-refractivity contribution in [2.24, 2.45) is 0 Å². The number of rotatable bonds is 13. The lowest BCUT2D eigenvalue weighted by atomic mass is 10.2. The summed E-state index contributed by atoms with van der Waals surface area (Å²) in [4.78, 5) is 52.1. The molecular weight excluding hydrogens is 542 g/mol. The van der Waals surface area contributed by atoms with Crippen molar-refractivity contribution in [3.8, 4) is 21.9 Å². The minimum atomic E-state index is -0.891. The first kappa shape index (κ1) is 27.9. The van der Waals surface area contributed by atoms with E-state index in [0.717, 1.165) is 14.3 Å². The molecule has 0 atom stereocenters. The number of hydrogen-bond donors (Lipinski definition) is 0. The second-order valence-corrected chi connectivity index (χ2v) is 10.3. The van der Waals surface area contributed by atoms with E-state index in [-0.39, 0.29) is 37.4 Å². The van der Waals surface area contributed by atoms with E-state index in [1.807, 2.05) is 18.2 Å². The lowest BCUT2D eigenvalue weighted by molar-refractivity contribution is -0.757. The smallest absolute Gasteiger partial charge is 0.341 e. The summed E-state index contributed by atoms with van der Waals surface area (Å²) in [5, 5.41) is 9.21. The zero-order valence-corrected chi connectivity index (χ0v) is 21.7. The van der Waals surface area contributed by atoms with Crippen LogP contribution in [0.25, 0.3) is 10.4 Å². The standard InChI is InChI=1S/C24H21NO9S3/c26-21(33-17-9-7-16(8-10-17)20-15-23(35)37-36-20)11-12-22(27)34-19-6-2-1-5-18(19)24(28)31-13-3-4-14-32-25(29)30/h1-2,5-10,15H,3-4,11-14H2. The van der Waals surface area contributed by atoms with Gasteiger partial charge in [0.15, 0.2) is 0 Å². The first-order valence-corrected chi connectivity index (χ1v) is 13.5. The van der Waals surface area contributed by atoms with Gasteiger partial charge in [0.05, 0.1) is 26.1 Å². The van der Waals surface area contributed by atoms with Gasteiger partial charge in [0, 0.05) is 4.88 Å². The molecule has 3 rings (SSSR count). The normalized spacial score (nSPS) is 10.4. The fourth-order valence-corrected chi connectivity index (χ4v) is 5.33. The highest BCUT2D eigenvalue weighted by atomic mass is 32.9. The monoisotopic (exact) mass is 563 g/mol. The number of carbonyl (C=O) groups is 3. The highest BCUT2D eigenvalue weighted by molar-refractivity contribution is 7.80. The average molecular weight is 564 g/mol. The van der Waals surface area contributed by atoms with Crippen molar-refractivity contribution in [2.45, 2.75) is 25.7 Å². The molecular formula is C24H21NO9S3. The number of ether oxygens (including phenoxy) is 3. The number of para-hydroxylation sites is 1. The first-order chi connectivity index (χ1) is 17.8. The Kier molecular flexibility index (Phi) is 10.7. The molecule has 0 N–H and O–H groups in total. The summed E-state index contributed by atoms with van der Waals surface area (Å²) >= 11 is 5.14. The molecule has 13 heteroatoms. The third kappa shape index (κ3) is 9.37. The maximum atomic E-state index is 12.3. The van der Waals surface area contributed by atoms with E-state index in [1.165, 1.54) is 22.5 Å². The van der Waals surface area contributed by atoms with Crippen molar-refractivity contribution in [3.05, 3.63) is 74.1 Å². The Morgan fingerprint density at radius 1 is 0.892 bits per heavy atom. The van der Waals surface area contributed by atoms with Crippen LogP contribution in [0.3, 0.4) is 0 Å². The second-order valence-electron chi connectivity index (χ2n) is 7.36. The topological polar surface area (TPSA) is 131 Å². The molecule has 0 aliphatic heterocycles. The van der Waals surface area contributed by atoms with E-state index in [2.05, 4.69) is 4.84 Å². The maximum absolute atomic E-state index is 12.3. The Bertz CT molecular complexity index is 1300. The predicted molar refractivity (Wildman–Crippen MR) is 138 cm³/mol. The molecule has 1 heterocycles. The van der Waals surface area contributed by atoms with E-state index >= 15 is 0 Å². The highest BCUT2D eigenvalue weighted by Gasteiger charge is 2.17. The third-order valence-corrected chi connectivity index (χ3v) is 7.58. The van der Waals surface area contributed by atoms with Gasteiger partial charge in [-0.3, -0.25) is 9.59 Å². The first-order valence-electron chi connectivity index (χ1n) is 11.0. The van der Waals surface area contributed by atoms with Gasteiger partial charge >= 0.3 is 17.9 Å². The molecule has 2 aromatic carbocycles. The fourth-order valence-electron chi connectivity index (χ4n) is 2.93. The molecule has 0 fully saturated rings. The number of carbonyl (C=O) groups excluding carboxylic acids is 3. The summed E-state index contributed by atoms with van der Waals surface area (Å²) in [5.74, 6) is -1.70. The Labute approximate surface area is 223 Å². The van der Waals surface area contributed by atoms with Gasteiger partial charge in [0.2, 0.25) is 0 Å². The van der Waals surface area contributed by atoms with Crippen LogP contribution in [0.2, 0.25) is 0 Å². The van der Waals surface area contributed by atoms with Gasteiger partial charge in [0.1, 0.15) is 20.9 Å². The van der Waals surface area contributed by atoms with Gasteiger partial charge in [-0.2, -0.15) is 0 Å². The fraction of sp³-hybridized carbons (Fsp3) is 0.250. The van der Waals surface area contributed by atoms with Crippen LogP contribution in [0.5, 0.6) is 11.5 Å². The lowest BCUT2D eigenvalue weighted by Gasteiger charge is -2.10. The third-order valence-electron chi connectivity index (χ3n) is 4.67. The van der Waals surface area contributed by atoms with Gasteiger partial charge in [0.25, 0.3) is 5.09 Å². The summed E-state index contributed by atoms with van der Waals surface area (Å²) in [6, 6.07) is 14.9. The van der Waals surface area contributed by atoms with Crippen molar-refractivity contribution in [3.63, 3.8) is 0 Å². The molecule has 0 spiro atoms. The molecule has 0 radical (unpaired) electrons. The van der Waals surface area contributed by atoms with Crippen molar-refractivity contribution in [1.29, 1.82) is 0 Å². The van der Waals surface area contributed by atoms with Crippen LogP contribution in [0, 0.1) is 13.9 Å². The predicted octanol–water partition coefficient (Wildman–Crippen LogP) is 5.64. The van der Waals surface area contributed by atoms with Gasteiger partial charge in [-0.15, -0.1) is 10.1 Å². The SMILES string of the molecule is O=C(CCC(=O)Oc1ccccc1C(=O)OCCCCO[N+](=O)[O-])Oc1ccc(-c2cc(=S)ss2)cc1. The quantitative estimate of drug-likeness (QED) is 0.0489. The molecule has 194 valence electrons. The van der Waals surface area contributed by atoms with Gasteiger partial charge in [-0.05, 0) is 60.9 Å². The molecule has 0 aliphatic carbocycles. The Hall–Kier alpha value is -3.68. The van der Waals surface area contributed by atoms with Crippen LogP contribution in [0.1, 0.15) is 36.0 Å². The minimum Gasteiger partial charge on any atom is -0.462 e. The van der Waals surface area contributed by atoms with Crippen LogP contribution in [-0.4, -0.2) is 36.2 Å². The molecule has 3 aromatic rings. The molecule has 37 heavy (non-hydrogen) atoms. The van der Waals surface area contributed by atoms with Gasteiger partial charge in [-0.25, -0.2) is 4.79 Å². The van der Waals surface area contributed by atoms with E-state index in [0.29, 0.717) is 18.6 Å². The summed E-state index contributed by atoms with van der Waals surface area (Å²) in [6.45, 7) is -0.0872. The zero-order valence-electron chi connectivity index (χ0n) is 19.3. The number of hydrogen-bond acceptors (Lipinski definition) is 12. The zero-order chi connectivity index (χ0) is 26.6. The minimum absolute atomic E-state index is 0.00475. The van der Waals surface area contributed by atoms with Crippen LogP contribution >= 0.6 is 32.9 Å². The molecule has 1 aromatic heterocycles. The molecule has 0 saturated carbocycles. The second kappa shape index (κ2) is 14.2. The number of benzene rings is 2. The van der Waals surface area contributed by atoms with E-state index in [1.54, 1.807) is 34.6 Å². The van der Waals surface area contributed by atoms with E-state index < -0.39 is 23.0 Å². The van der Waals surface area contributed by atoms with Crippen molar-refractivity contribution in [2.75, 3.05) is 13.2 Å². The van der Waals surface area contributed by atoms with E-state index in [9.17, 15) is 24.5 Å². The van der Waals surface area contributed by atoms with Crippen LogP contribution in [0.4, 0.5) is 0 Å². The molecule has 0 saturated heterocycles. The summed E-state index contributed by atoms with van der Waals surface area (Å²) in [6.07, 6.45) is 0.215. The van der Waals surface area contributed by atoms with Gasteiger partial charge < -0.3 is 19.0 Å². The maximum Gasteiger partial charge on any atom is 0.341 e. The van der Waals surface area contributed by atoms with Crippen LogP contribution in [0.15, 0.2) is 54.6 Å². The molecule has 0 bridgehead atoms. The lowest BCUT2D eigenvalue weighted by Crippen LogP contribution is -2.16. The van der Waals surface area contributed by atoms with Gasteiger partial charge in [-0.1, -0.05) is 45.0 Å². The van der Waals surface area contributed by atoms with Crippen molar-refractivity contribution in [1.82, 2.24) is 0 Å². The van der Waals surface area contributed by atoms with Crippen molar-refractivity contribution < 1.29 is 38.5 Å². The molecule has 0 aliphatic rings. The number of esters is 3. The summed E-state index contributed by atoms with van der Waals surface area (Å²) in [7, 11) is 3.08. The van der Waals surface area contributed by atoms with E-state index in [4.69, 9.17) is 26.4 Å². The highest BCUT2D eigenvalue weighted by Crippen LogP contribution is 2.30.